The summed E-state index contributed by atoms with van der Waals surface area (Å²) in [6, 6.07) is 8.14. The molecule has 0 radical (unpaired) electrons. The lowest BCUT2D eigenvalue weighted by Gasteiger charge is -2.23. The zero-order valence-corrected chi connectivity index (χ0v) is 14.2. The van der Waals surface area contributed by atoms with E-state index in [1.165, 1.54) is 18.4 Å². The predicted octanol–water partition coefficient (Wildman–Crippen LogP) is 3.64. The van der Waals surface area contributed by atoms with Crippen LogP contribution in [0.3, 0.4) is 0 Å². The molecule has 4 rings (SSSR count). The lowest BCUT2D eigenvalue weighted by Crippen LogP contribution is -2.27. The van der Waals surface area contributed by atoms with Gasteiger partial charge in [0.2, 0.25) is 12.7 Å². The molecule has 0 aliphatic carbocycles. The first-order valence-corrected chi connectivity index (χ1v) is 9.19. The highest BCUT2D eigenvalue weighted by Gasteiger charge is 2.26. The molecular formula is C18H20N2O3S. The number of thiophene rings is 1. The van der Waals surface area contributed by atoms with Crippen molar-refractivity contribution in [2.24, 2.45) is 0 Å². The third-order valence-electron chi connectivity index (χ3n) is 4.57. The molecule has 1 N–H and O–H groups in total. The van der Waals surface area contributed by atoms with Crippen molar-refractivity contribution < 1.29 is 14.3 Å². The van der Waals surface area contributed by atoms with Gasteiger partial charge in [-0.2, -0.15) is 11.3 Å². The van der Waals surface area contributed by atoms with E-state index < -0.39 is 0 Å². The number of rotatable bonds is 5. The maximum Gasteiger partial charge on any atom is 0.231 e. The van der Waals surface area contributed by atoms with Gasteiger partial charge in [0.1, 0.15) is 0 Å². The van der Waals surface area contributed by atoms with Gasteiger partial charge >= 0.3 is 0 Å². The Morgan fingerprint density at radius 1 is 1.29 bits per heavy atom. The number of amides is 1. The summed E-state index contributed by atoms with van der Waals surface area (Å²) in [4.78, 5) is 14.7. The Balaban J connectivity index is 1.32. The van der Waals surface area contributed by atoms with Crippen LogP contribution in [0, 0.1) is 0 Å². The van der Waals surface area contributed by atoms with Gasteiger partial charge in [-0.05, 0) is 53.9 Å². The van der Waals surface area contributed by atoms with Crippen LogP contribution in [0.4, 0.5) is 5.69 Å². The second kappa shape index (κ2) is 6.83. The highest BCUT2D eigenvalue weighted by atomic mass is 32.1. The number of carbonyl (C=O) groups excluding carboxylic acids is 1. The molecule has 0 saturated carbocycles. The van der Waals surface area contributed by atoms with Crippen LogP contribution >= 0.6 is 11.3 Å². The maximum absolute atomic E-state index is 12.3. The molecule has 1 saturated heterocycles. The fourth-order valence-corrected chi connectivity index (χ4v) is 4.09. The smallest absolute Gasteiger partial charge is 0.231 e. The molecule has 2 aromatic rings. The zero-order chi connectivity index (χ0) is 16.4. The lowest BCUT2D eigenvalue weighted by atomic mass is 10.1. The molecule has 2 aliphatic rings. The fourth-order valence-electron chi connectivity index (χ4n) is 3.38. The van der Waals surface area contributed by atoms with Crippen LogP contribution in [0.5, 0.6) is 11.5 Å². The van der Waals surface area contributed by atoms with Gasteiger partial charge in [-0.1, -0.05) is 0 Å². The van der Waals surface area contributed by atoms with Gasteiger partial charge in [0, 0.05) is 30.8 Å². The molecule has 1 aromatic heterocycles. The minimum atomic E-state index is 0.0323. The van der Waals surface area contributed by atoms with E-state index in [2.05, 4.69) is 27.0 Å². The first kappa shape index (κ1) is 15.5. The molecule has 0 spiro atoms. The fraction of sp³-hybridized carbons (Fsp3) is 0.389. The summed E-state index contributed by atoms with van der Waals surface area (Å²) in [6.45, 7) is 2.10. The van der Waals surface area contributed by atoms with Gasteiger partial charge in [-0.25, -0.2) is 0 Å². The molecule has 5 nitrogen and oxygen atoms in total. The van der Waals surface area contributed by atoms with Crippen LogP contribution in [0.25, 0.3) is 0 Å². The van der Waals surface area contributed by atoms with Crippen molar-refractivity contribution in [1.82, 2.24) is 4.90 Å². The van der Waals surface area contributed by atoms with Crippen molar-refractivity contribution in [1.29, 1.82) is 0 Å². The van der Waals surface area contributed by atoms with Crippen LogP contribution < -0.4 is 14.8 Å². The number of likely N-dealkylation sites (tertiary alicyclic amines) is 1. The van der Waals surface area contributed by atoms with Gasteiger partial charge in [0.25, 0.3) is 0 Å². The van der Waals surface area contributed by atoms with Gasteiger partial charge < -0.3 is 14.8 Å². The predicted molar refractivity (Wildman–Crippen MR) is 93.7 cm³/mol. The minimum Gasteiger partial charge on any atom is -0.454 e. The molecule has 6 heteroatoms. The molecule has 1 aromatic carbocycles. The molecule has 3 heterocycles. The molecule has 0 bridgehead atoms. The van der Waals surface area contributed by atoms with Crippen molar-refractivity contribution in [2.45, 2.75) is 25.3 Å². The van der Waals surface area contributed by atoms with Crippen molar-refractivity contribution in [3.63, 3.8) is 0 Å². The van der Waals surface area contributed by atoms with Gasteiger partial charge in [0.05, 0.1) is 0 Å². The van der Waals surface area contributed by atoms with Crippen molar-refractivity contribution >= 4 is 22.9 Å². The Hall–Kier alpha value is -2.05. The van der Waals surface area contributed by atoms with E-state index in [0.29, 0.717) is 18.2 Å². The van der Waals surface area contributed by atoms with E-state index in [1.54, 1.807) is 11.3 Å². The number of nitrogens with one attached hydrogen (secondary N) is 1. The highest BCUT2D eigenvalue weighted by molar-refractivity contribution is 7.07. The summed E-state index contributed by atoms with van der Waals surface area (Å²) in [5.41, 5.74) is 2.13. The zero-order valence-electron chi connectivity index (χ0n) is 13.4. The number of hydrogen-bond donors (Lipinski definition) is 1. The van der Waals surface area contributed by atoms with E-state index in [9.17, 15) is 4.79 Å². The number of anilines is 1. The topological polar surface area (TPSA) is 50.8 Å². The average molecular weight is 344 g/mol. The first-order valence-electron chi connectivity index (χ1n) is 8.25. The van der Waals surface area contributed by atoms with Crippen molar-refractivity contribution in [3.05, 3.63) is 40.6 Å². The van der Waals surface area contributed by atoms with Gasteiger partial charge in [-0.15, -0.1) is 0 Å². The van der Waals surface area contributed by atoms with Crippen molar-refractivity contribution in [3.8, 4) is 11.5 Å². The number of fused-ring (bicyclic) bond motifs is 1. The largest absolute Gasteiger partial charge is 0.454 e. The SMILES string of the molecule is O=C(CCN1CCCC1c1ccsc1)Nc1ccc2c(c1)OCO2. The number of nitrogens with zero attached hydrogens (tertiary/aromatic N) is 1. The standard InChI is InChI=1S/C18H20N2O3S/c21-18(19-14-3-4-16-17(10-14)23-12-22-16)5-8-20-7-1-2-15(20)13-6-9-24-11-13/h3-4,6,9-11,15H,1-2,5,7-8,12H2,(H,19,21). The molecule has 24 heavy (non-hydrogen) atoms. The molecule has 1 unspecified atom stereocenters. The van der Waals surface area contributed by atoms with E-state index in [0.717, 1.165) is 24.5 Å². The van der Waals surface area contributed by atoms with Crippen molar-refractivity contribution in [2.75, 3.05) is 25.2 Å². The van der Waals surface area contributed by atoms with Gasteiger partial charge in [0.15, 0.2) is 11.5 Å². The molecule has 1 fully saturated rings. The number of benzene rings is 1. The van der Waals surface area contributed by atoms with E-state index in [-0.39, 0.29) is 12.7 Å². The number of ether oxygens (including phenoxy) is 2. The van der Waals surface area contributed by atoms with Crippen LogP contribution in [0.15, 0.2) is 35.0 Å². The quantitative estimate of drug-likeness (QED) is 0.900. The Morgan fingerprint density at radius 2 is 2.21 bits per heavy atom. The summed E-state index contributed by atoms with van der Waals surface area (Å²) in [5.74, 6) is 1.44. The number of hydrogen-bond acceptors (Lipinski definition) is 5. The summed E-state index contributed by atoms with van der Waals surface area (Å²) in [7, 11) is 0. The van der Waals surface area contributed by atoms with Crippen LogP contribution in [-0.2, 0) is 4.79 Å². The summed E-state index contributed by atoms with van der Waals surface area (Å²) < 4.78 is 10.6. The summed E-state index contributed by atoms with van der Waals surface area (Å²) in [6.07, 6.45) is 2.87. The Labute approximate surface area is 145 Å². The first-order chi connectivity index (χ1) is 11.8. The van der Waals surface area contributed by atoms with E-state index >= 15 is 0 Å². The Kier molecular flexibility index (Phi) is 4.40. The third-order valence-corrected chi connectivity index (χ3v) is 5.28. The third kappa shape index (κ3) is 3.25. The van der Waals surface area contributed by atoms with Gasteiger partial charge in [-0.3, -0.25) is 9.69 Å². The minimum absolute atomic E-state index is 0.0323. The van der Waals surface area contributed by atoms with Crippen LogP contribution in [-0.4, -0.2) is 30.7 Å². The lowest BCUT2D eigenvalue weighted by molar-refractivity contribution is -0.116. The molecule has 126 valence electrons. The van der Waals surface area contributed by atoms with E-state index in [4.69, 9.17) is 9.47 Å². The normalized spacial score (nSPS) is 19.6. The summed E-state index contributed by atoms with van der Waals surface area (Å²) >= 11 is 1.74. The molecular weight excluding hydrogens is 324 g/mol. The summed E-state index contributed by atoms with van der Waals surface area (Å²) in [5, 5.41) is 7.29. The second-order valence-electron chi connectivity index (χ2n) is 6.12. The average Bonchev–Trinajstić information content (AvgIpc) is 3.32. The second-order valence-corrected chi connectivity index (χ2v) is 6.90. The Morgan fingerprint density at radius 3 is 3.08 bits per heavy atom. The van der Waals surface area contributed by atoms with Crippen LogP contribution in [0.1, 0.15) is 30.9 Å². The molecule has 1 atom stereocenters. The molecule has 1 amide bonds. The highest BCUT2D eigenvalue weighted by Crippen LogP contribution is 2.35. The molecule has 2 aliphatic heterocycles. The number of carbonyl (C=O) groups is 1. The van der Waals surface area contributed by atoms with Crippen LogP contribution in [0.2, 0.25) is 0 Å². The maximum atomic E-state index is 12.3. The Bertz CT molecular complexity index is 717. The van der Waals surface area contributed by atoms with E-state index in [1.807, 2.05) is 18.2 Å². The monoisotopic (exact) mass is 344 g/mol.